The van der Waals surface area contributed by atoms with Gasteiger partial charge in [-0.1, -0.05) is 13.5 Å². The number of ether oxygens (including phenoxy) is 1. The van der Waals surface area contributed by atoms with E-state index in [1.807, 2.05) is 6.92 Å². The van der Waals surface area contributed by atoms with E-state index < -0.39 is 17.7 Å². The Balaban J connectivity index is 2.58. The number of hydrogen-bond acceptors (Lipinski definition) is 3. The first-order chi connectivity index (χ1) is 9.94. The quantitative estimate of drug-likeness (QED) is 0.596. The van der Waals surface area contributed by atoms with Crippen LogP contribution in [0.25, 0.3) is 0 Å². The molecule has 22 heavy (non-hydrogen) atoms. The molecule has 6 heteroatoms. The Labute approximate surface area is 129 Å². The van der Waals surface area contributed by atoms with Crippen LogP contribution in [-0.4, -0.2) is 29.5 Å². The van der Waals surface area contributed by atoms with Crippen molar-refractivity contribution in [2.24, 2.45) is 17.8 Å². The van der Waals surface area contributed by atoms with Crippen LogP contribution in [0.3, 0.4) is 0 Å². The molecule has 0 aliphatic heterocycles. The van der Waals surface area contributed by atoms with E-state index in [4.69, 9.17) is 4.74 Å². The molecule has 0 amide bonds. The minimum absolute atomic E-state index is 0.0294. The van der Waals surface area contributed by atoms with E-state index in [-0.39, 0.29) is 24.9 Å². The van der Waals surface area contributed by atoms with Crippen LogP contribution < -0.4 is 0 Å². The standard InChI is InChI=1S/C16H25F3O3/c1-10(2)14(20)22-6-5-12-7-11(3)8-13(12)9-15(4,21)16(17,18)19/h11-13,21H,1,5-9H2,2-4H3. The summed E-state index contributed by atoms with van der Waals surface area (Å²) in [6.07, 6.45) is -2.97. The first-order valence-electron chi connectivity index (χ1n) is 7.55. The molecule has 0 heterocycles. The molecule has 1 fully saturated rings. The maximum absolute atomic E-state index is 12.8. The second kappa shape index (κ2) is 7.02. The molecule has 0 aromatic heterocycles. The molecule has 1 N–H and O–H groups in total. The van der Waals surface area contributed by atoms with Gasteiger partial charge in [0.05, 0.1) is 6.61 Å². The topological polar surface area (TPSA) is 46.5 Å². The number of aliphatic hydroxyl groups is 1. The summed E-state index contributed by atoms with van der Waals surface area (Å²) in [5.74, 6) is -0.349. The third-order valence-corrected chi connectivity index (χ3v) is 4.42. The number of alkyl halides is 3. The van der Waals surface area contributed by atoms with E-state index in [0.717, 1.165) is 13.3 Å². The highest BCUT2D eigenvalue weighted by Crippen LogP contribution is 2.45. The summed E-state index contributed by atoms with van der Waals surface area (Å²) in [7, 11) is 0. The Morgan fingerprint density at radius 3 is 2.36 bits per heavy atom. The number of esters is 1. The summed E-state index contributed by atoms with van der Waals surface area (Å²) in [6.45, 7) is 8.02. The van der Waals surface area contributed by atoms with Crippen molar-refractivity contribution in [2.75, 3.05) is 6.61 Å². The second-order valence-corrected chi connectivity index (χ2v) is 6.78. The van der Waals surface area contributed by atoms with Crippen LogP contribution in [0.2, 0.25) is 0 Å². The molecule has 1 aliphatic carbocycles. The summed E-state index contributed by atoms with van der Waals surface area (Å²) in [4.78, 5) is 11.3. The lowest BCUT2D eigenvalue weighted by molar-refractivity contribution is -0.259. The average Bonchev–Trinajstić information content (AvgIpc) is 2.67. The fraction of sp³-hybridized carbons (Fsp3) is 0.812. The van der Waals surface area contributed by atoms with Crippen LogP contribution >= 0.6 is 0 Å². The predicted octanol–water partition coefficient (Wildman–Crippen LogP) is 3.86. The van der Waals surface area contributed by atoms with Crippen LogP contribution in [0.1, 0.15) is 46.5 Å². The predicted molar refractivity (Wildman–Crippen MR) is 77.1 cm³/mol. The summed E-state index contributed by atoms with van der Waals surface area (Å²) >= 11 is 0. The molecular formula is C16H25F3O3. The second-order valence-electron chi connectivity index (χ2n) is 6.78. The highest BCUT2D eigenvalue weighted by molar-refractivity contribution is 5.86. The van der Waals surface area contributed by atoms with Crippen molar-refractivity contribution in [3.63, 3.8) is 0 Å². The molecule has 1 aliphatic rings. The lowest BCUT2D eigenvalue weighted by atomic mass is 9.83. The summed E-state index contributed by atoms with van der Waals surface area (Å²) < 4.78 is 43.5. The molecule has 0 radical (unpaired) electrons. The van der Waals surface area contributed by atoms with Crippen molar-refractivity contribution in [2.45, 2.75) is 58.2 Å². The zero-order chi connectivity index (χ0) is 17.1. The lowest BCUT2D eigenvalue weighted by Gasteiger charge is -2.31. The van der Waals surface area contributed by atoms with Crippen molar-refractivity contribution < 1.29 is 27.8 Å². The van der Waals surface area contributed by atoms with Crippen LogP contribution in [0.5, 0.6) is 0 Å². The van der Waals surface area contributed by atoms with Crippen LogP contribution in [0.4, 0.5) is 13.2 Å². The molecule has 0 bridgehead atoms. The van der Waals surface area contributed by atoms with Crippen molar-refractivity contribution >= 4 is 5.97 Å². The fourth-order valence-corrected chi connectivity index (χ4v) is 3.17. The van der Waals surface area contributed by atoms with E-state index in [2.05, 4.69) is 6.58 Å². The maximum Gasteiger partial charge on any atom is 0.416 e. The van der Waals surface area contributed by atoms with E-state index in [9.17, 15) is 23.1 Å². The molecule has 0 spiro atoms. The molecule has 0 aromatic carbocycles. The zero-order valence-corrected chi connectivity index (χ0v) is 13.4. The van der Waals surface area contributed by atoms with Crippen molar-refractivity contribution in [1.29, 1.82) is 0 Å². The van der Waals surface area contributed by atoms with Gasteiger partial charge in [0, 0.05) is 5.57 Å². The summed E-state index contributed by atoms with van der Waals surface area (Å²) in [5, 5.41) is 9.68. The van der Waals surface area contributed by atoms with Crippen LogP contribution in [0, 0.1) is 17.8 Å². The Hall–Kier alpha value is -1.04. The van der Waals surface area contributed by atoms with E-state index in [0.29, 0.717) is 24.3 Å². The molecule has 3 nitrogen and oxygen atoms in total. The average molecular weight is 322 g/mol. The highest BCUT2D eigenvalue weighted by atomic mass is 19.4. The zero-order valence-electron chi connectivity index (χ0n) is 13.4. The van der Waals surface area contributed by atoms with Gasteiger partial charge >= 0.3 is 12.1 Å². The SMILES string of the molecule is C=C(C)C(=O)OCCC1CC(C)CC1CC(C)(O)C(F)(F)F. The third-order valence-electron chi connectivity index (χ3n) is 4.42. The van der Waals surface area contributed by atoms with Gasteiger partial charge in [0.1, 0.15) is 0 Å². The minimum atomic E-state index is -4.63. The largest absolute Gasteiger partial charge is 0.462 e. The highest BCUT2D eigenvalue weighted by Gasteiger charge is 2.52. The van der Waals surface area contributed by atoms with E-state index >= 15 is 0 Å². The summed E-state index contributed by atoms with van der Waals surface area (Å²) in [5.41, 5.74) is -2.37. The van der Waals surface area contributed by atoms with Gasteiger partial charge in [-0.25, -0.2) is 4.79 Å². The van der Waals surface area contributed by atoms with Gasteiger partial charge in [0.25, 0.3) is 0 Å². The normalized spacial score (nSPS) is 28.2. The molecular weight excluding hydrogens is 297 g/mol. The van der Waals surface area contributed by atoms with Gasteiger partial charge in [-0.3, -0.25) is 0 Å². The Morgan fingerprint density at radius 2 is 1.86 bits per heavy atom. The molecule has 128 valence electrons. The number of carbonyl (C=O) groups is 1. The number of carbonyl (C=O) groups excluding carboxylic acids is 1. The van der Waals surface area contributed by atoms with Gasteiger partial charge < -0.3 is 9.84 Å². The van der Waals surface area contributed by atoms with Gasteiger partial charge in [-0.2, -0.15) is 13.2 Å². The van der Waals surface area contributed by atoms with Crippen molar-refractivity contribution in [3.8, 4) is 0 Å². The molecule has 0 aromatic rings. The monoisotopic (exact) mass is 322 g/mol. The van der Waals surface area contributed by atoms with Gasteiger partial charge in [0.2, 0.25) is 0 Å². The van der Waals surface area contributed by atoms with Crippen LogP contribution in [0.15, 0.2) is 12.2 Å². The van der Waals surface area contributed by atoms with Crippen molar-refractivity contribution in [3.05, 3.63) is 12.2 Å². The number of halogens is 3. The van der Waals surface area contributed by atoms with Crippen molar-refractivity contribution in [1.82, 2.24) is 0 Å². The van der Waals surface area contributed by atoms with Crippen LogP contribution in [-0.2, 0) is 9.53 Å². The smallest absolute Gasteiger partial charge is 0.416 e. The first kappa shape index (κ1) is 19.0. The number of rotatable bonds is 6. The van der Waals surface area contributed by atoms with E-state index in [1.54, 1.807) is 6.92 Å². The van der Waals surface area contributed by atoms with Gasteiger partial charge in [-0.05, 0) is 57.3 Å². The molecule has 0 saturated heterocycles. The molecule has 4 atom stereocenters. The Morgan fingerprint density at radius 1 is 1.32 bits per heavy atom. The molecule has 1 rings (SSSR count). The van der Waals surface area contributed by atoms with Gasteiger partial charge in [0.15, 0.2) is 5.60 Å². The third kappa shape index (κ3) is 5.00. The molecule has 4 unspecified atom stereocenters. The maximum atomic E-state index is 12.8. The fourth-order valence-electron chi connectivity index (χ4n) is 3.17. The van der Waals surface area contributed by atoms with Gasteiger partial charge in [-0.15, -0.1) is 0 Å². The minimum Gasteiger partial charge on any atom is -0.462 e. The molecule has 1 saturated carbocycles. The Bertz CT molecular complexity index is 415. The number of hydrogen-bond donors (Lipinski definition) is 1. The summed E-state index contributed by atoms with van der Waals surface area (Å²) in [6, 6.07) is 0. The lowest BCUT2D eigenvalue weighted by Crippen LogP contribution is -2.44. The Kier molecular flexibility index (Phi) is 6.07. The first-order valence-corrected chi connectivity index (χ1v) is 7.55. The van der Waals surface area contributed by atoms with E-state index in [1.165, 1.54) is 0 Å².